The van der Waals surface area contributed by atoms with E-state index >= 15 is 0 Å². The van der Waals surface area contributed by atoms with Crippen LogP contribution in [-0.4, -0.2) is 24.7 Å². The molecule has 27 heavy (non-hydrogen) atoms. The Hall–Kier alpha value is -1.36. The van der Waals surface area contributed by atoms with Crippen LogP contribution in [0.3, 0.4) is 0 Å². The Balaban J connectivity index is 1.39. The Morgan fingerprint density at radius 2 is 1.67 bits per heavy atom. The van der Waals surface area contributed by atoms with Crippen LogP contribution in [0.1, 0.15) is 30.4 Å². The molecule has 1 fully saturated rings. The number of rotatable bonds is 7. The zero-order valence-corrected chi connectivity index (χ0v) is 17.5. The molecule has 0 atom stereocenters. The summed E-state index contributed by atoms with van der Waals surface area (Å²) in [5.41, 5.74) is 3.47. The number of thioether (sulfide) groups is 1. The maximum atomic E-state index is 12.1. The van der Waals surface area contributed by atoms with E-state index in [1.165, 1.54) is 24.9 Å². The molecule has 0 spiro atoms. The summed E-state index contributed by atoms with van der Waals surface area (Å²) in [5.74, 6) is 1.20. The molecular weight excluding hydrogens is 399 g/mol. The van der Waals surface area contributed by atoms with Crippen molar-refractivity contribution in [3.8, 4) is 0 Å². The average Bonchev–Trinajstić information content (AvgIpc) is 2.70. The molecule has 1 aliphatic heterocycles. The van der Waals surface area contributed by atoms with Crippen molar-refractivity contribution in [1.29, 1.82) is 0 Å². The molecule has 1 saturated heterocycles. The van der Waals surface area contributed by atoms with Gasteiger partial charge < -0.3 is 10.2 Å². The molecule has 0 bridgehead atoms. The lowest BCUT2D eigenvalue weighted by molar-refractivity contribution is -0.118. The summed E-state index contributed by atoms with van der Waals surface area (Å²) in [7, 11) is 0. The van der Waals surface area contributed by atoms with Gasteiger partial charge in [0, 0.05) is 31.1 Å². The summed E-state index contributed by atoms with van der Waals surface area (Å²) in [4.78, 5) is 14.5. The molecule has 0 radical (unpaired) electrons. The van der Waals surface area contributed by atoms with Crippen molar-refractivity contribution >= 4 is 46.6 Å². The summed E-state index contributed by atoms with van der Waals surface area (Å²) in [6, 6.07) is 14.1. The highest BCUT2D eigenvalue weighted by molar-refractivity contribution is 7.99. The number of piperidine rings is 1. The number of benzene rings is 2. The number of nitrogens with one attached hydrogen (secondary N) is 1. The third-order valence-electron chi connectivity index (χ3n) is 4.63. The minimum Gasteiger partial charge on any atom is -0.372 e. The van der Waals surface area contributed by atoms with Crippen molar-refractivity contribution in [1.82, 2.24) is 5.32 Å². The zero-order chi connectivity index (χ0) is 19.1. The van der Waals surface area contributed by atoms with Gasteiger partial charge in [0.1, 0.15) is 0 Å². The van der Waals surface area contributed by atoms with Crippen molar-refractivity contribution in [3.05, 3.63) is 63.6 Å². The van der Waals surface area contributed by atoms with E-state index in [0.717, 1.165) is 30.0 Å². The highest BCUT2D eigenvalue weighted by Gasteiger charge is 2.10. The van der Waals surface area contributed by atoms with Crippen molar-refractivity contribution < 1.29 is 4.79 Å². The Bertz CT molecular complexity index is 761. The molecule has 0 saturated carbocycles. The van der Waals surface area contributed by atoms with E-state index < -0.39 is 0 Å². The molecule has 2 aromatic carbocycles. The van der Waals surface area contributed by atoms with Gasteiger partial charge in [-0.05, 0) is 54.7 Å². The minimum atomic E-state index is 0.0418. The van der Waals surface area contributed by atoms with Crippen molar-refractivity contribution in [3.63, 3.8) is 0 Å². The molecule has 1 N–H and O–H groups in total. The van der Waals surface area contributed by atoms with E-state index in [2.05, 4.69) is 34.5 Å². The van der Waals surface area contributed by atoms with Gasteiger partial charge in [-0.25, -0.2) is 0 Å². The SMILES string of the molecule is O=C(CSCc1ccc(Cl)c(Cl)c1)NCc1ccc(N2CCCCC2)cc1. The topological polar surface area (TPSA) is 32.3 Å². The Labute approximate surface area is 175 Å². The van der Waals surface area contributed by atoms with Crippen LogP contribution in [0.15, 0.2) is 42.5 Å². The molecule has 0 unspecified atom stereocenters. The van der Waals surface area contributed by atoms with Gasteiger partial charge in [-0.3, -0.25) is 4.79 Å². The fourth-order valence-electron chi connectivity index (χ4n) is 3.12. The van der Waals surface area contributed by atoms with Crippen LogP contribution in [-0.2, 0) is 17.1 Å². The van der Waals surface area contributed by atoms with Gasteiger partial charge >= 0.3 is 0 Å². The number of hydrogen-bond donors (Lipinski definition) is 1. The van der Waals surface area contributed by atoms with Crippen molar-refractivity contribution in [2.24, 2.45) is 0 Å². The van der Waals surface area contributed by atoms with E-state index in [4.69, 9.17) is 23.2 Å². The quantitative estimate of drug-likeness (QED) is 0.635. The number of carbonyl (C=O) groups is 1. The van der Waals surface area contributed by atoms with Gasteiger partial charge in [-0.2, -0.15) is 0 Å². The molecule has 144 valence electrons. The second-order valence-corrected chi connectivity index (χ2v) is 8.53. The number of carbonyl (C=O) groups excluding carboxylic acids is 1. The van der Waals surface area contributed by atoms with Crippen LogP contribution in [0.25, 0.3) is 0 Å². The van der Waals surface area contributed by atoms with Gasteiger partial charge in [0.05, 0.1) is 15.8 Å². The molecule has 0 aliphatic carbocycles. The number of amides is 1. The third kappa shape index (κ3) is 6.34. The second kappa shape index (κ2) is 10.3. The van der Waals surface area contributed by atoms with Crippen LogP contribution in [0.2, 0.25) is 10.0 Å². The minimum absolute atomic E-state index is 0.0418. The lowest BCUT2D eigenvalue weighted by atomic mass is 10.1. The summed E-state index contributed by atoms with van der Waals surface area (Å²) in [6.07, 6.45) is 3.89. The highest BCUT2D eigenvalue weighted by Crippen LogP contribution is 2.24. The Morgan fingerprint density at radius 1 is 0.963 bits per heavy atom. The summed E-state index contributed by atoms with van der Waals surface area (Å²) in [6.45, 7) is 2.85. The smallest absolute Gasteiger partial charge is 0.230 e. The van der Waals surface area contributed by atoms with Crippen LogP contribution in [0.5, 0.6) is 0 Å². The molecule has 2 aromatic rings. The first-order chi connectivity index (χ1) is 13.1. The molecule has 3 nitrogen and oxygen atoms in total. The first-order valence-corrected chi connectivity index (χ1v) is 11.1. The summed E-state index contributed by atoms with van der Waals surface area (Å²) < 4.78 is 0. The first kappa shape index (κ1) is 20.4. The van der Waals surface area contributed by atoms with Gasteiger partial charge in [-0.15, -0.1) is 11.8 Å². The van der Waals surface area contributed by atoms with E-state index in [1.54, 1.807) is 17.8 Å². The van der Waals surface area contributed by atoms with Crippen LogP contribution < -0.4 is 10.2 Å². The summed E-state index contributed by atoms with van der Waals surface area (Å²) >= 11 is 13.5. The average molecular weight is 423 g/mol. The normalized spacial score (nSPS) is 14.2. The number of anilines is 1. The van der Waals surface area contributed by atoms with Gasteiger partial charge in [0.2, 0.25) is 5.91 Å². The Kier molecular flexibility index (Phi) is 7.74. The standard InChI is InChI=1S/C21H24Cl2N2OS/c22-19-9-6-17(12-20(19)23)14-27-15-21(26)24-13-16-4-7-18(8-5-16)25-10-2-1-3-11-25/h4-9,12H,1-3,10-11,13-15H2,(H,24,26). The predicted molar refractivity (Wildman–Crippen MR) is 117 cm³/mol. The fraction of sp³-hybridized carbons (Fsp3) is 0.381. The fourth-order valence-corrected chi connectivity index (χ4v) is 4.24. The van der Waals surface area contributed by atoms with E-state index in [1.807, 2.05) is 12.1 Å². The van der Waals surface area contributed by atoms with E-state index in [-0.39, 0.29) is 5.91 Å². The van der Waals surface area contributed by atoms with Gasteiger partial charge in [-0.1, -0.05) is 41.4 Å². The van der Waals surface area contributed by atoms with Gasteiger partial charge in [0.15, 0.2) is 0 Å². The molecule has 1 amide bonds. The summed E-state index contributed by atoms with van der Waals surface area (Å²) in [5, 5.41) is 4.08. The van der Waals surface area contributed by atoms with Crippen molar-refractivity contribution in [2.75, 3.05) is 23.7 Å². The van der Waals surface area contributed by atoms with Crippen LogP contribution in [0, 0.1) is 0 Å². The van der Waals surface area contributed by atoms with E-state index in [0.29, 0.717) is 22.3 Å². The monoisotopic (exact) mass is 422 g/mol. The first-order valence-electron chi connectivity index (χ1n) is 9.24. The molecule has 6 heteroatoms. The Morgan fingerprint density at radius 3 is 2.37 bits per heavy atom. The van der Waals surface area contributed by atoms with E-state index in [9.17, 15) is 4.79 Å². The molecule has 0 aromatic heterocycles. The largest absolute Gasteiger partial charge is 0.372 e. The second-order valence-electron chi connectivity index (χ2n) is 6.73. The molecule has 1 aliphatic rings. The lowest BCUT2D eigenvalue weighted by Gasteiger charge is -2.28. The predicted octanol–water partition coefficient (Wildman–Crippen LogP) is 5.53. The maximum Gasteiger partial charge on any atom is 0.230 e. The number of nitrogens with zero attached hydrogens (tertiary/aromatic N) is 1. The molecule has 1 heterocycles. The van der Waals surface area contributed by atoms with Crippen LogP contribution in [0.4, 0.5) is 5.69 Å². The lowest BCUT2D eigenvalue weighted by Crippen LogP contribution is -2.29. The van der Waals surface area contributed by atoms with Crippen molar-refractivity contribution in [2.45, 2.75) is 31.6 Å². The molecule has 3 rings (SSSR count). The molecular formula is C21H24Cl2N2OS. The maximum absolute atomic E-state index is 12.1. The number of halogens is 2. The zero-order valence-electron chi connectivity index (χ0n) is 15.2. The van der Waals surface area contributed by atoms with Crippen LogP contribution >= 0.6 is 35.0 Å². The number of hydrogen-bond acceptors (Lipinski definition) is 3. The third-order valence-corrected chi connectivity index (χ3v) is 6.38. The van der Waals surface area contributed by atoms with Gasteiger partial charge in [0.25, 0.3) is 0 Å². The highest BCUT2D eigenvalue weighted by atomic mass is 35.5.